The lowest BCUT2D eigenvalue weighted by atomic mass is 10.1. The molecule has 0 saturated heterocycles. The van der Waals surface area contributed by atoms with E-state index in [2.05, 4.69) is 30.1 Å². The van der Waals surface area contributed by atoms with E-state index < -0.39 is 24.2 Å². The molecule has 0 radical (unpaired) electrons. The highest BCUT2D eigenvalue weighted by molar-refractivity contribution is 5.70. The van der Waals surface area contributed by atoms with E-state index in [0.29, 0.717) is 6.54 Å². The number of nitrogens with zero attached hydrogens (tertiary/aromatic N) is 3. The van der Waals surface area contributed by atoms with Crippen LogP contribution in [-0.2, 0) is 0 Å². The Morgan fingerprint density at radius 1 is 0.861 bits per heavy atom. The van der Waals surface area contributed by atoms with E-state index in [1.54, 1.807) is 0 Å². The number of alkyl halides is 6. The number of nitrogens with one attached hydrogen (secondary N) is 2. The third kappa shape index (κ3) is 8.80. The van der Waals surface area contributed by atoms with E-state index in [0.717, 1.165) is 31.2 Å². The molecule has 3 aromatic rings. The Morgan fingerprint density at radius 3 is 2.28 bits per heavy atom. The fourth-order valence-corrected chi connectivity index (χ4v) is 3.11. The normalized spacial score (nSPS) is 11.9. The predicted octanol–water partition coefficient (Wildman–Crippen LogP) is 6.05. The Kier molecular flexibility index (Phi) is 8.45. The topological polar surface area (TPSA) is 71.5 Å². The summed E-state index contributed by atoms with van der Waals surface area (Å²) in [5.74, 6) is -0.704. The smallest absolute Gasteiger partial charge is 0.406 e. The second-order valence-electron chi connectivity index (χ2n) is 7.79. The molecule has 7 nitrogen and oxygen atoms in total. The van der Waals surface area contributed by atoms with Gasteiger partial charge in [-0.2, -0.15) is 4.98 Å². The van der Waals surface area contributed by atoms with Crippen molar-refractivity contribution in [3.05, 3.63) is 54.6 Å². The minimum absolute atomic E-state index is 0.0211. The lowest BCUT2D eigenvalue weighted by molar-refractivity contribution is -0.275. The maximum atomic E-state index is 12.8. The summed E-state index contributed by atoms with van der Waals surface area (Å²) in [5.41, 5.74) is 0.468. The molecule has 0 aliphatic heterocycles. The number of aromatic nitrogens is 2. The van der Waals surface area contributed by atoms with Crippen LogP contribution < -0.4 is 20.1 Å². The first-order valence-corrected chi connectivity index (χ1v) is 10.6. The van der Waals surface area contributed by atoms with Gasteiger partial charge in [-0.05, 0) is 51.3 Å². The van der Waals surface area contributed by atoms with Gasteiger partial charge in [-0.25, -0.2) is 4.98 Å². The number of benzene rings is 2. The first-order valence-electron chi connectivity index (χ1n) is 10.6. The second kappa shape index (κ2) is 11.3. The molecule has 0 saturated carbocycles. The minimum atomic E-state index is -4.91. The van der Waals surface area contributed by atoms with Gasteiger partial charge in [-0.15, -0.1) is 26.3 Å². The molecule has 0 spiro atoms. The minimum Gasteiger partial charge on any atom is -0.406 e. The number of rotatable bonds is 10. The third-order valence-electron chi connectivity index (χ3n) is 4.53. The van der Waals surface area contributed by atoms with Gasteiger partial charge in [0.05, 0.1) is 11.4 Å². The number of anilines is 3. The molecular formula is C23H23F6N5O2. The highest BCUT2D eigenvalue weighted by Crippen LogP contribution is 2.33. The van der Waals surface area contributed by atoms with Crippen molar-refractivity contribution in [2.45, 2.75) is 19.1 Å². The lowest BCUT2D eigenvalue weighted by Gasteiger charge is -2.16. The maximum Gasteiger partial charge on any atom is 0.573 e. The first kappa shape index (κ1) is 26.9. The van der Waals surface area contributed by atoms with Crippen LogP contribution in [0, 0.1) is 0 Å². The van der Waals surface area contributed by atoms with Crippen molar-refractivity contribution in [3.63, 3.8) is 0 Å². The van der Waals surface area contributed by atoms with E-state index in [1.165, 1.54) is 36.4 Å². The zero-order chi connectivity index (χ0) is 26.3. The molecule has 36 heavy (non-hydrogen) atoms. The van der Waals surface area contributed by atoms with E-state index in [4.69, 9.17) is 0 Å². The molecular weight excluding hydrogens is 492 g/mol. The van der Waals surface area contributed by atoms with Crippen molar-refractivity contribution in [1.82, 2.24) is 14.9 Å². The maximum absolute atomic E-state index is 12.8. The first-order chi connectivity index (χ1) is 16.9. The molecule has 2 aromatic carbocycles. The Morgan fingerprint density at radius 2 is 1.58 bits per heavy atom. The Hall–Kier alpha value is -3.74. The molecule has 0 aliphatic carbocycles. The zero-order valence-electron chi connectivity index (χ0n) is 19.2. The third-order valence-corrected chi connectivity index (χ3v) is 4.53. The molecule has 3 rings (SSSR count). The summed E-state index contributed by atoms with van der Waals surface area (Å²) >= 11 is 0. The number of hydrogen-bond acceptors (Lipinski definition) is 7. The van der Waals surface area contributed by atoms with Crippen molar-refractivity contribution in [1.29, 1.82) is 0 Å². The molecule has 13 heteroatoms. The SMILES string of the molecule is CN(C)CCCNc1nc(Nc2ccccc2OC(F)(F)F)cc(-c2cccc(OC(F)(F)F)c2)n1. The van der Waals surface area contributed by atoms with Crippen LogP contribution in [0.4, 0.5) is 43.8 Å². The van der Waals surface area contributed by atoms with Gasteiger partial charge in [0.2, 0.25) is 5.95 Å². The Bertz CT molecular complexity index is 1150. The molecule has 0 unspecified atom stereocenters. The summed E-state index contributed by atoms with van der Waals surface area (Å²) in [6.45, 7) is 1.25. The van der Waals surface area contributed by atoms with Gasteiger partial charge < -0.3 is 25.0 Å². The second-order valence-corrected chi connectivity index (χ2v) is 7.79. The van der Waals surface area contributed by atoms with Crippen LogP contribution in [0.25, 0.3) is 11.3 Å². The standard InChI is InChI=1S/C23H23F6N5O2/c1-34(2)12-6-11-30-21-32-18(15-7-5-8-16(13-15)35-22(24,25)26)14-20(33-21)31-17-9-3-4-10-19(17)36-23(27,28)29/h3-5,7-10,13-14H,6,11-12H2,1-2H3,(H2,30,31,32,33). The molecule has 194 valence electrons. The monoisotopic (exact) mass is 515 g/mol. The molecule has 2 N–H and O–H groups in total. The molecule has 0 aliphatic rings. The highest BCUT2D eigenvalue weighted by atomic mass is 19.4. The molecule has 0 atom stereocenters. The van der Waals surface area contributed by atoms with Crippen molar-refractivity contribution in [2.75, 3.05) is 37.8 Å². The average molecular weight is 515 g/mol. The van der Waals surface area contributed by atoms with E-state index in [9.17, 15) is 26.3 Å². The van der Waals surface area contributed by atoms with Crippen LogP contribution in [0.1, 0.15) is 6.42 Å². The van der Waals surface area contributed by atoms with Crippen molar-refractivity contribution in [3.8, 4) is 22.8 Å². The number of halogens is 6. The Labute approximate surface area is 203 Å². The summed E-state index contributed by atoms with van der Waals surface area (Å²) in [6.07, 6.45) is -9.05. The fourth-order valence-electron chi connectivity index (χ4n) is 3.11. The average Bonchev–Trinajstić information content (AvgIpc) is 2.76. The van der Waals surface area contributed by atoms with Crippen LogP contribution in [0.15, 0.2) is 54.6 Å². The molecule has 1 aromatic heterocycles. The van der Waals surface area contributed by atoms with Gasteiger partial charge in [0.1, 0.15) is 11.6 Å². The predicted molar refractivity (Wildman–Crippen MR) is 122 cm³/mol. The Balaban J connectivity index is 1.94. The summed E-state index contributed by atoms with van der Waals surface area (Å²) in [5, 5.41) is 5.80. The van der Waals surface area contributed by atoms with E-state index in [1.807, 2.05) is 19.0 Å². The van der Waals surface area contributed by atoms with Crippen LogP contribution in [0.2, 0.25) is 0 Å². The van der Waals surface area contributed by atoms with Crippen molar-refractivity contribution >= 4 is 17.5 Å². The summed E-state index contributed by atoms with van der Waals surface area (Å²) in [7, 11) is 3.82. The fraction of sp³-hybridized carbons (Fsp3) is 0.304. The van der Waals surface area contributed by atoms with Gasteiger partial charge >= 0.3 is 12.7 Å². The van der Waals surface area contributed by atoms with Crippen LogP contribution in [0.3, 0.4) is 0 Å². The zero-order valence-corrected chi connectivity index (χ0v) is 19.2. The summed E-state index contributed by atoms with van der Waals surface area (Å²) in [6, 6.07) is 11.9. The van der Waals surface area contributed by atoms with Crippen LogP contribution in [-0.4, -0.2) is 54.8 Å². The quantitative estimate of drug-likeness (QED) is 0.252. The highest BCUT2D eigenvalue weighted by Gasteiger charge is 2.32. The van der Waals surface area contributed by atoms with Crippen molar-refractivity contribution in [2.24, 2.45) is 0 Å². The molecule has 1 heterocycles. The number of para-hydroxylation sites is 2. The molecule has 0 fully saturated rings. The van der Waals surface area contributed by atoms with Gasteiger partial charge in [0.25, 0.3) is 0 Å². The van der Waals surface area contributed by atoms with E-state index in [-0.39, 0.29) is 28.7 Å². The largest absolute Gasteiger partial charge is 0.573 e. The number of hydrogen-bond donors (Lipinski definition) is 2. The van der Waals surface area contributed by atoms with Crippen molar-refractivity contribution < 1.29 is 35.8 Å². The molecule has 0 bridgehead atoms. The van der Waals surface area contributed by atoms with Gasteiger partial charge in [0.15, 0.2) is 5.75 Å². The van der Waals surface area contributed by atoms with Crippen LogP contribution >= 0.6 is 0 Å². The summed E-state index contributed by atoms with van der Waals surface area (Å²) < 4.78 is 84.5. The van der Waals surface area contributed by atoms with Gasteiger partial charge in [-0.3, -0.25) is 0 Å². The van der Waals surface area contributed by atoms with Gasteiger partial charge in [0, 0.05) is 18.2 Å². The summed E-state index contributed by atoms with van der Waals surface area (Å²) in [4.78, 5) is 10.6. The molecule has 0 amide bonds. The number of ether oxygens (including phenoxy) is 2. The lowest BCUT2D eigenvalue weighted by Crippen LogP contribution is -2.18. The van der Waals surface area contributed by atoms with E-state index >= 15 is 0 Å². The van der Waals surface area contributed by atoms with Crippen LogP contribution in [0.5, 0.6) is 11.5 Å². The van der Waals surface area contributed by atoms with Gasteiger partial charge in [-0.1, -0.05) is 24.3 Å².